The number of nitrogens with zero attached hydrogens (tertiary/aromatic N) is 1. The van der Waals surface area contributed by atoms with Crippen LogP contribution < -0.4 is 5.14 Å². The van der Waals surface area contributed by atoms with Crippen LogP contribution in [0.25, 0.3) is 10.4 Å². The lowest BCUT2D eigenvalue weighted by Crippen LogP contribution is -2.09. The van der Waals surface area contributed by atoms with E-state index in [9.17, 15) is 8.42 Å². The molecule has 0 saturated heterocycles. The zero-order valence-electron chi connectivity index (χ0n) is 9.54. The molecule has 0 fully saturated rings. The molecule has 0 bridgehead atoms. The smallest absolute Gasteiger partial charge is 0.224 e. The minimum atomic E-state index is -3.65. The maximum absolute atomic E-state index is 11.2. The van der Waals surface area contributed by atoms with Crippen LogP contribution in [0.2, 0.25) is 0 Å². The van der Waals surface area contributed by atoms with Gasteiger partial charge in [0.05, 0.1) is 11.6 Å². The first-order valence-corrected chi connectivity index (χ1v) is 7.42. The van der Waals surface area contributed by atoms with Crippen LogP contribution in [0.1, 0.15) is 11.1 Å². The van der Waals surface area contributed by atoms with Gasteiger partial charge in [-0.1, -0.05) is 6.07 Å². The second kappa shape index (κ2) is 4.53. The molecule has 92 valence electrons. The Kier molecular flexibility index (Phi) is 3.22. The monoisotopic (exact) mass is 278 g/mol. The molecule has 0 spiro atoms. The molecule has 0 saturated carbocycles. The standard InChI is InChI=1S/C12H10N2O2S2/c1-8-6-9(7-13)2-3-10(8)11-4-5-12(17-11)18(14,15)16/h2-6H,1H3,(H2,14,15,16). The summed E-state index contributed by atoms with van der Waals surface area (Å²) in [5.74, 6) is 0. The van der Waals surface area contributed by atoms with E-state index in [0.29, 0.717) is 5.56 Å². The first-order valence-electron chi connectivity index (χ1n) is 5.05. The number of hydrogen-bond donors (Lipinski definition) is 1. The Labute approximate surface area is 109 Å². The number of nitrogens with two attached hydrogens (primary N) is 1. The second-order valence-electron chi connectivity index (χ2n) is 3.81. The summed E-state index contributed by atoms with van der Waals surface area (Å²) in [4.78, 5) is 0.820. The molecule has 0 amide bonds. The van der Waals surface area contributed by atoms with E-state index < -0.39 is 10.0 Å². The third-order valence-corrected chi connectivity index (χ3v) is 5.04. The van der Waals surface area contributed by atoms with Gasteiger partial charge in [0, 0.05) is 4.88 Å². The van der Waals surface area contributed by atoms with Crippen molar-refractivity contribution < 1.29 is 8.42 Å². The van der Waals surface area contributed by atoms with E-state index in [1.807, 2.05) is 13.0 Å². The summed E-state index contributed by atoms with van der Waals surface area (Å²) in [5.41, 5.74) is 2.42. The number of rotatable bonds is 2. The average Bonchev–Trinajstić information content (AvgIpc) is 2.77. The van der Waals surface area contributed by atoms with E-state index in [4.69, 9.17) is 10.4 Å². The van der Waals surface area contributed by atoms with Crippen LogP contribution in [0.3, 0.4) is 0 Å². The van der Waals surface area contributed by atoms with Crippen molar-refractivity contribution >= 4 is 21.4 Å². The fourth-order valence-corrected chi connectivity index (χ4v) is 3.45. The normalized spacial score (nSPS) is 11.2. The maximum Gasteiger partial charge on any atom is 0.247 e. The van der Waals surface area contributed by atoms with Gasteiger partial charge in [0.2, 0.25) is 10.0 Å². The summed E-state index contributed by atoms with van der Waals surface area (Å²) in [6.07, 6.45) is 0. The van der Waals surface area contributed by atoms with Crippen LogP contribution in [0.15, 0.2) is 34.5 Å². The van der Waals surface area contributed by atoms with Crippen molar-refractivity contribution in [2.24, 2.45) is 5.14 Å². The Balaban J connectivity index is 2.51. The Hall–Kier alpha value is -1.68. The largest absolute Gasteiger partial charge is 0.247 e. The average molecular weight is 278 g/mol. The van der Waals surface area contributed by atoms with Crippen molar-refractivity contribution in [2.45, 2.75) is 11.1 Å². The van der Waals surface area contributed by atoms with Gasteiger partial charge in [-0.15, -0.1) is 11.3 Å². The van der Waals surface area contributed by atoms with Gasteiger partial charge in [0.1, 0.15) is 4.21 Å². The quantitative estimate of drug-likeness (QED) is 0.914. The summed E-state index contributed by atoms with van der Waals surface area (Å²) in [6.45, 7) is 1.88. The molecule has 1 heterocycles. The Bertz CT molecular complexity index is 740. The van der Waals surface area contributed by atoms with E-state index >= 15 is 0 Å². The highest BCUT2D eigenvalue weighted by molar-refractivity contribution is 7.91. The molecule has 1 aromatic heterocycles. The SMILES string of the molecule is Cc1cc(C#N)ccc1-c1ccc(S(N)(=O)=O)s1. The lowest BCUT2D eigenvalue weighted by atomic mass is 10.0. The maximum atomic E-state index is 11.2. The van der Waals surface area contributed by atoms with Gasteiger partial charge in [-0.25, -0.2) is 13.6 Å². The molecule has 1 aromatic carbocycles. The minimum absolute atomic E-state index is 0.140. The molecule has 2 N–H and O–H groups in total. The number of thiophene rings is 1. The zero-order valence-corrected chi connectivity index (χ0v) is 11.2. The molecular weight excluding hydrogens is 268 g/mol. The van der Waals surface area contributed by atoms with Gasteiger partial charge in [-0.3, -0.25) is 0 Å². The zero-order chi connectivity index (χ0) is 13.3. The Morgan fingerprint density at radius 2 is 2.00 bits per heavy atom. The van der Waals surface area contributed by atoms with Crippen LogP contribution in [0.4, 0.5) is 0 Å². The highest BCUT2D eigenvalue weighted by atomic mass is 32.2. The first-order chi connectivity index (χ1) is 8.41. The number of aryl methyl sites for hydroxylation is 1. The topological polar surface area (TPSA) is 83.9 Å². The number of nitriles is 1. The number of hydrogen-bond acceptors (Lipinski definition) is 4. The molecule has 18 heavy (non-hydrogen) atoms. The third-order valence-electron chi connectivity index (χ3n) is 2.48. The molecule has 2 rings (SSSR count). The van der Waals surface area contributed by atoms with Gasteiger partial charge in [0.15, 0.2) is 0 Å². The molecule has 4 nitrogen and oxygen atoms in total. The molecule has 0 radical (unpaired) electrons. The lowest BCUT2D eigenvalue weighted by Gasteiger charge is -2.02. The van der Waals surface area contributed by atoms with E-state index in [0.717, 1.165) is 27.3 Å². The Morgan fingerprint density at radius 1 is 1.28 bits per heavy atom. The summed E-state index contributed by atoms with van der Waals surface area (Å²) < 4.78 is 22.6. The number of benzene rings is 1. The number of primary sulfonamides is 1. The van der Waals surface area contributed by atoms with E-state index in [-0.39, 0.29) is 4.21 Å². The lowest BCUT2D eigenvalue weighted by molar-refractivity contribution is 0.600. The molecule has 0 unspecified atom stereocenters. The van der Waals surface area contributed by atoms with Gasteiger partial charge in [-0.05, 0) is 42.3 Å². The van der Waals surface area contributed by atoms with Crippen LogP contribution in [0, 0.1) is 18.3 Å². The van der Waals surface area contributed by atoms with E-state index in [1.165, 1.54) is 6.07 Å². The molecule has 0 aliphatic rings. The van der Waals surface area contributed by atoms with Crippen LogP contribution in [0.5, 0.6) is 0 Å². The van der Waals surface area contributed by atoms with Crippen LogP contribution >= 0.6 is 11.3 Å². The van der Waals surface area contributed by atoms with Crippen molar-refractivity contribution in [2.75, 3.05) is 0 Å². The fraction of sp³-hybridized carbons (Fsp3) is 0.0833. The van der Waals surface area contributed by atoms with Crippen molar-refractivity contribution in [1.29, 1.82) is 5.26 Å². The van der Waals surface area contributed by atoms with Crippen molar-refractivity contribution in [3.63, 3.8) is 0 Å². The van der Waals surface area contributed by atoms with Crippen LogP contribution in [-0.2, 0) is 10.0 Å². The third kappa shape index (κ3) is 2.43. The van der Waals surface area contributed by atoms with Gasteiger partial charge >= 0.3 is 0 Å². The molecule has 0 aliphatic carbocycles. The summed E-state index contributed by atoms with van der Waals surface area (Å²) in [5, 5.41) is 13.9. The van der Waals surface area contributed by atoms with E-state index in [1.54, 1.807) is 18.2 Å². The van der Waals surface area contributed by atoms with Crippen molar-refractivity contribution in [1.82, 2.24) is 0 Å². The van der Waals surface area contributed by atoms with Gasteiger partial charge < -0.3 is 0 Å². The van der Waals surface area contributed by atoms with Crippen molar-refractivity contribution in [3.05, 3.63) is 41.5 Å². The predicted molar refractivity (Wildman–Crippen MR) is 70.6 cm³/mol. The minimum Gasteiger partial charge on any atom is -0.224 e. The number of sulfonamides is 1. The summed E-state index contributed by atoms with van der Waals surface area (Å²) >= 11 is 1.12. The predicted octanol–water partition coefficient (Wildman–Crippen LogP) is 2.24. The van der Waals surface area contributed by atoms with E-state index in [2.05, 4.69) is 6.07 Å². The fourth-order valence-electron chi connectivity index (χ4n) is 1.63. The molecule has 6 heteroatoms. The van der Waals surface area contributed by atoms with Crippen molar-refractivity contribution in [3.8, 4) is 16.5 Å². The molecule has 2 aromatic rings. The molecule has 0 aliphatic heterocycles. The second-order valence-corrected chi connectivity index (χ2v) is 6.68. The highest BCUT2D eigenvalue weighted by Crippen LogP contribution is 2.32. The van der Waals surface area contributed by atoms with Gasteiger partial charge in [0.25, 0.3) is 0 Å². The molecule has 0 atom stereocenters. The summed E-state index contributed by atoms with van der Waals surface area (Å²) in [6, 6.07) is 10.6. The highest BCUT2D eigenvalue weighted by Gasteiger charge is 2.13. The summed E-state index contributed by atoms with van der Waals surface area (Å²) in [7, 11) is -3.65. The Morgan fingerprint density at radius 3 is 2.50 bits per heavy atom. The first kappa shape index (κ1) is 12.8. The van der Waals surface area contributed by atoms with Crippen LogP contribution in [-0.4, -0.2) is 8.42 Å². The molecular formula is C12H10N2O2S2. The van der Waals surface area contributed by atoms with Gasteiger partial charge in [-0.2, -0.15) is 5.26 Å².